The van der Waals surface area contributed by atoms with Gasteiger partial charge in [-0.25, -0.2) is 9.07 Å². The quantitative estimate of drug-likeness (QED) is 0.310. The molecule has 5 aromatic rings. The number of pyridine rings is 1. The summed E-state index contributed by atoms with van der Waals surface area (Å²) < 4.78 is 21.6. The summed E-state index contributed by atoms with van der Waals surface area (Å²) in [6.07, 6.45) is 3.77. The van der Waals surface area contributed by atoms with Crippen LogP contribution in [0, 0.1) is 5.82 Å². The molecule has 2 aromatic carbocycles. The molecule has 180 valence electrons. The number of hydrogen-bond donors (Lipinski definition) is 1. The zero-order valence-corrected chi connectivity index (χ0v) is 19.4. The van der Waals surface area contributed by atoms with Crippen molar-refractivity contribution in [3.05, 3.63) is 84.4 Å². The maximum Gasteiger partial charge on any atom is 0.281 e. The predicted octanol–water partition coefficient (Wildman–Crippen LogP) is 4.25. The highest BCUT2D eigenvalue weighted by Gasteiger charge is 2.24. The van der Waals surface area contributed by atoms with Crippen molar-refractivity contribution in [1.29, 1.82) is 0 Å². The van der Waals surface area contributed by atoms with Crippen molar-refractivity contribution >= 4 is 5.78 Å². The molecule has 0 aliphatic heterocycles. The lowest BCUT2D eigenvalue weighted by molar-refractivity contribution is -0.116. The van der Waals surface area contributed by atoms with E-state index in [-0.39, 0.29) is 17.4 Å². The van der Waals surface area contributed by atoms with Gasteiger partial charge >= 0.3 is 0 Å². The monoisotopic (exact) mass is 483 g/mol. The van der Waals surface area contributed by atoms with E-state index in [1.807, 2.05) is 24.3 Å². The summed E-state index contributed by atoms with van der Waals surface area (Å²) in [7, 11) is 0. The van der Waals surface area contributed by atoms with E-state index in [0.717, 1.165) is 16.7 Å². The Morgan fingerprint density at radius 1 is 1.03 bits per heavy atom. The molecule has 0 spiro atoms. The summed E-state index contributed by atoms with van der Waals surface area (Å²) in [6.45, 7) is 2.87. The number of Topliss-reactive ketones (excluding diaryl/α,β-unsaturated/α-hetero) is 1. The number of halogens is 1. The van der Waals surface area contributed by atoms with Crippen LogP contribution in [-0.2, 0) is 11.3 Å². The van der Waals surface area contributed by atoms with Crippen LogP contribution in [-0.4, -0.2) is 42.4 Å². The van der Waals surface area contributed by atoms with E-state index in [4.69, 9.17) is 4.52 Å². The molecule has 0 amide bonds. The number of carbonyl (C=O) groups excluding carboxylic acids is 1. The number of rotatable bonds is 9. The third-order valence-electron chi connectivity index (χ3n) is 5.53. The van der Waals surface area contributed by atoms with Crippen LogP contribution in [0.15, 0.2) is 77.6 Å². The van der Waals surface area contributed by atoms with Gasteiger partial charge in [0, 0.05) is 43.0 Å². The van der Waals surface area contributed by atoms with Crippen LogP contribution in [0.25, 0.3) is 39.9 Å². The average molecular weight is 484 g/mol. The first-order valence-electron chi connectivity index (χ1n) is 11.3. The van der Waals surface area contributed by atoms with E-state index in [2.05, 4.69) is 30.8 Å². The van der Waals surface area contributed by atoms with Gasteiger partial charge in [0.25, 0.3) is 5.89 Å². The summed E-state index contributed by atoms with van der Waals surface area (Å²) in [5.74, 6) is 0.273. The maximum atomic E-state index is 14.6. The largest absolute Gasteiger partial charge is 0.332 e. The van der Waals surface area contributed by atoms with Crippen LogP contribution >= 0.6 is 0 Å². The molecule has 3 heterocycles. The highest BCUT2D eigenvalue weighted by molar-refractivity contribution is 5.76. The molecule has 0 saturated carbocycles. The fourth-order valence-electron chi connectivity index (χ4n) is 3.69. The van der Waals surface area contributed by atoms with Crippen molar-refractivity contribution in [2.75, 3.05) is 6.54 Å². The molecule has 9 nitrogen and oxygen atoms in total. The normalized spacial score (nSPS) is 11.1. The van der Waals surface area contributed by atoms with Crippen molar-refractivity contribution in [1.82, 2.24) is 35.4 Å². The van der Waals surface area contributed by atoms with E-state index >= 15 is 0 Å². The van der Waals surface area contributed by atoms with Gasteiger partial charge in [-0.15, -0.1) is 5.10 Å². The van der Waals surface area contributed by atoms with Gasteiger partial charge in [0.1, 0.15) is 23.0 Å². The number of nitrogens with zero attached hydrogens (tertiary/aromatic N) is 6. The summed E-state index contributed by atoms with van der Waals surface area (Å²) >= 11 is 0. The topological polar surface area (TPSA) is 112 Å². The number of ketones is 1. The maximum absolute atomic E-state index is 14.6. The second kappa shape index (κ2) is 10.4. The second-order valence-electron chi connectivity index (χ2n) is 8.13. The molecule has 0 radical (unpaired) electrons. The molecule has 0 atom stereocenters. The fraction of sp³-hybridized carbons (Fsp3) is 0.154. The second-order valence-corrected chi connectivity index (χ2v) is 8.13. The van der Waals surface area contributed by atoms with Crippen LogP contribution < -0.4 is 5.32 Å². The molecule has 36 heavy (non-hydrogen) atoms. The van der Waals surface area contributed by atoms with Crippen molar-refractivity contribution in [3.8, 4) is 39.9 Å². The van der Waals surface area contributed by atoms with Gasteiger partial charge < -0.3 is 9.84 Å². The van der Waals surface area contributed by atoms with Crippen LogP contribution in [0.4, 0.5) is 4.39 Å². The molecular formula is C26H22FN7O2. The van der Waals surface area contributed by atoms with Crippen molar-refractivity contribution < 1.29 is 13.7 Å². The fourth-order valence-corrected chi connectivity index (χ4v) is 3.69. The van der Waals surface area contributed by atoms with E-state index < -0.39 is 5.82 Å². The molecule has 1 N–H and O–H groups in total. The summed E-state index contributed by atoms with van der Waals surface area (Å²) in [4.78, 5) is 19.7. The van der Waals surface area contributed by atoms with Crippen LogP contribution in [0.2, 0.25) is 0 Å². The minimum atomic E-state index is -0.439. The number of aromatic nitrogens is 6. The van der Waals surface area contributed by atoms with Crippen LogP contribution in [0.3, 0.4) is 0 Å². The van der Waals surface area contributed by atoms with Crippen LogP contribution in [0.1, 0.15) is 18.9 Å². The lowest BCUT2D eigenvalue weighted by Gasteiger charge is -2.08. The summed E-state index contributed by atoms with van der Waals surface area (Å²) in [5.41, 5.74) is 3.63. The Morgan fingerprint density at radius 3 is 2.56 bits per heavy atom. The summed E-state index contributed by atoms with van der Waals surface area (Å²) in [5, 5.41) is 15.8. The van der Waals surface area contributed by atoms with Crippen molar-refractivity contribution in [3.63, 3.8) is 0 Å². The van der Waals surface area contributed by atoms with E-state index in [9.17, 15) is 9.18 Å². The van der Waals surface area contributed by atoms with Crippen molar-refractivity contribution in [2.45, 2.75) is 19.9 Å². The lowest BCUT2D eigenvalue weighted by Crippen LogP contribution is -2.16. The summed E-state index contributed by atoms with van der Waals surface area (Å²) in [6, 6.07) is 17.6. The Bertz CT molecular complexity index is 1480. The first-order valence-corrected chi connectivity index (χ1v) is 11.3. The molecule has 0 aliphatic rings. The first kappa shape index (κ1) is 23.2. The first-order chi connectivity index (χ1) is 17.6. The Labute approximate surface area is 206 Å². The van der Waals surface area contributed by atoms with Gasteiger partial charge in [-0.3, -0.25) is 9.78 Å². The van der Waals surface area contributed by atoms with Crippen LogP contribution in [0.5, 0.6) is 0 Å². The zero-order valence-electron chi connectivity index (χ0n) is 19.4. The molecule has 0 saturated heterocycles. The Hall–Kier alpha value is -4.57. The molecular weight excluding hydrogens is 461 g/mol. The standard InChI is InChI=1S/C26H22FN7O2/c1-17(35)10-13-29-16-18-6-8-20(9-7-18)25-30-26(36-32-25)23-24(19-11-14-28-15-12-19)34(33-31-23)22-5-3-2-4-21(22)27/h2-9,11-12,14-15,29H,10,13,16H2,1H3. The smallest absolute Gasteiger partial charge is 0.281 e. The van der Waals surface area contributed by atoms with Gasteiger partial charge in [-0.1, -0.05) is 46.8 Å². The number of nitrogens with one attached hydrogen (secondary N) is 1. The third kappa shape index (κ3) is 4.93. The zero-order chi connectivity index (χ0) is 24.9. The Morgan fingerprint density at radius 2 is 1.81 bits per heavy atom. The van der Waals surface area contributed by atoms with Crippen molar-refractivity contribution in [2.24, 2.45) is 0 Å². The SMILES string of the molecule is CC(=O)CCNCc1ccc(-c2noc(-c3nnn(-c4ccccc4F)c3-c3ccncc3)n2)cc1. The highest BCUT2D eigenvalue weighted by Crippen LogP contribution is 2.32. The molecule has 0 fully saturated rings. The molecule has 5 rings (SSSR count). The highest BCUT2D eigenvalue weighted by atomic mass is 19.1. The average Bonchev–Trinajstić information content (AvgIpc) is 3.55. The number of para-hydroxylation sites is 1. The molecule has 3 aromatic heterocycles. The van der Waals surface area contributed by atoms with Gasteiger partial charge in [-0.2, -0.15) is 4.98 Å². The third-order valence-corrected chi connectivity index (χ3v) is 5.53. The van der Waals surface area contributed by atoms with E-state index in [1.54, 1.807) is 49.6 Å². The Kier molecular flexibility index (Phi) is 6.67. The van der Waals surface area contributed by atoms with E-state index in [1.165, 1.54) is 10.7 Å². The molecule has 0 aliphatic carbocycles. The minimum absolute atomic E-state index is 0.159. The van der Waals surface area contributed by atoms with Gasteiger partial charge in [-0.05, 0) is 36.8 Å². The Balaban J connectivity index is 1.44. The predicted molar refractivity (Wildman–Crippen MR) is 130 cm³/mol. The van der Waals surface area contributed by atoms with E-state index in [0.29, 0.717) is 36.7 Å². The molecule has 0 unspecified atom stereocenters. The number of carbonyl (C=O) groups is 1. The molecule has 10 heteroatoms. The van der Waals surface area contributed by atoms with Gasteiger partial charge in [0.15, 0.2) is 5.69 Å². The number of hydrogen-bond acceptors (Lipinski definition) is 8. The van der Waals surface area contributed by atoms with Gasteiger partial charge in [0.2, 0.25) is 5.82 Å². The molecule has 0 bridgehead atoms. The lowest BCUT2D eigenvalue weighted by atomic mass is 10.1. The van der Waals surface area contributed by atoms with Gasteiger partial charge in [0.05, 0.1) is 0 Å². The number of benzene rings is 2. The minimum Gasteiger partial charge on any atom is -0.332 e.